The number of benzene rings is 1. The average Bonchev–Trinajstić information content (AvgIpc) is 2.96. The molecule has 0 amide bonds. The molecule has 7 nitrogen and oxygen atoms in total. The Bertz CT molecular complexity index is 884. The summed E-state index contributed by atoms with van der Waals surface area (Å²) in [5.41, 5.74) is 2.79. The van der Waals surface area contributed by atoms with E-state index in [0.717, 1.165) is 11.5 Å². The van der Waals surface area contributed by atoms with E-state index in [-0.39, 0.29) is 62.5 Å². The number of methoxy groups -OCH3 is 1. The largest absolute Gasteiger partial charge is 0.462 e. The van der Waals surface area contributed by atoms with Crippen molar-refractivity contribution in [2.24, 2.45) is 5.92 Å². The zero-order valence-corrected chi connectivity index (χ0v) is 24.0. The molecule has 7 heteroatoms. The predicted molar refractivity (Wildman–Crippen MR) is 153 cm³/mol. The molecule has 1 N–H and O–H groups in total. The maximum Gasteiger partial charge on any atom is 0.335 e. The molecule has 1 aromatic carbocycles. The molecule has 0 bridgehead atoms. The fourth-order valence-electron chi connectivity index (χ4n) is 4.96. The van der Waals surface area contributed by atoms with Gasteiger partial charge >= 0.3 is 5.97 Å². The van der Waals surface area contributed by atoms with Crippen LogP contribution in [-0.2, 0) is 28.5 Å². The summed E-state index contributed by atoms with van der Waals surface area (Å²) in [7, 11) is 1.50. The molecule has 1 saturated carbocycles. The average molecular weight is 545 g/mol. The van der Waals surface area contributed by atoms with Gasteiger partial charge in [-0.05, 0) is 48.6 Å². The molecule has 1 aliphatic carbocycles. The molecule has 1 aromatic rings. The van der Waals surface area contributed by atoms with Crippen molar-refractivity contribution in [3.8, 4) is 0 Å². The van der Waals surface area contributed by atoms with Crippen LogP contribution in [0.15, 0.2) is 48.6 Å². The van der Waals surface area contributed by atoms with Gasteiger partial charge in [-0.2, -0.15) is 0 Å². The Labute approximate surface area is 234 Å². The normalized spacial score (nSPS) is 17.9. The zero-order chi connectivity index (χ0) is 28.5. The molecule has 2 rings (SSSR count). The van der Waals surface area contributed by atoms with Crippen LogP contribution in [0.25, 0.3) is 0 Å². The minimum absolute atomic E-state index is 0.119. The summed E-state index contributed by atoms with van der Waals surface area (Å²) in [6.45, 7) is 10.0. The van der Waals surface area contributed by atoms with Crippen molar-refractivity contribution in [2.75, 3.05) is 53.4 Å². The van der Waals surface area contributed by atoms with Gasteiger partial charge < -0.3 is 24.1 Å². The number of aliphatic hydroxyl groups is 1. The van der Waals surface area contributed by atoms with E-state index in [1.165, 1.54) is 64.0 Å². The van der Waals surface area contributed by atoms with Crippen LogP contribution in [-0.4, -0.2) is 70.2 Å². The highest BCUT2D eigenvalue weighted by Gasteiger charge is 2.23. The number of unbranched alkanes of at least 4 members (excludes halogenated alkanes) is 2. The van der Waals surface area contributed by atoms with Gasteiger partial charge in [0.2, 0.25) is 0 Å². The summed E-state index contributed by atoms with van der Waals surface area (Å²) in [5.74, 6) is 0.507. The van der Waals surface area contributed by atoms with Crippen molar-refractivity contribution in [1.29, 1.82) is 0 Å². The fraction of sp³-hybridized carbons (Fsp3) is 0.625. The minimum Gasteiger partial charge on any atom is -0.462 e. The maximum absolute atomic E-state index is 12.3. The molecule has 218 valence electrons. The summed E-state index contributed by atoms with van der Waals surface area (Å²) < 4.78 is 21.6. The Hall–Kier alpha value is -2.32. The molecule has 0 spiro atoms. The predicted octanol–water partition coefficient (Wildman–Crippen LogP) is 5.52. The molecule has 0 saturated heterocycles. The summed E-state index contributed by atoms with van der Waals surface area (Å²) in [4.78, 5) is 23.9. The lowest BCUT2D eigenvalue weighted by Crippen LogP contribution is -2.21. The van der Waals surface area contributed by atoms with E-state index in [2.05, 4.69) is 44.3 Å². The van der Waals surface area contributed by atoms with Crippen LogP contribution in [0.1, 0.15) is 81.3 Å². The number of rotatable bonds is 20. The lowest BCUT2D eigenvalue weighted by atomic mass is 9.77. The first kappa shape index (κ1) is 32.9. The monoisotopic (exact) mass is 544 g/mol. The molecule has 0 radical (unpaired) electrons. The number of ether oxygens (including phenoxy) is 4. The number of hydrogen-bond donors (Lipinski definition) is 1. The molecule has 0 aromatic heterocycles. The second-order valence-electron chi connectivity index (χ2n) is 10.5. The lowest BCUT2D eigenvalue weighted by molar-refractivity contribution is -0.140. The topological polar surface area (TPSA) is 91.3 Å². The van der Waals surface area contributed by atoms with Gasteiger partial charge in [-0.1, -0.05) is 70.0 Å². The molecular formula is C32H48O7. The highest BCUT2D eigenvalue weighted by molar-refractivity contribution is 5.95. The van der Waals surface area contributed by atoms with Crippen molar-refractivity contribution in [3.05, 3.63) is 59.7 Å². The molecule has 1 aliphatic rings. The van der Waals surface area contributed by atoms with Crippen LogP contribution in [0.2, 0.25) is 0 Å². The molecule has 39 heavy (non-hydrogen) atoms. The molecule has 0 aliphatic heterocycles. The minimum atomic E-state index is -0.486. The summed E-state index contributed by atoms with van der Waals surface area (Å²) >= 11 is 0. The lowest BCUT2D eigenvalue weighted by Gasteiger charge is -2.29. The van der Waals surface area contributed by atoms with Crippen molar-refractivity contribution in [2.45, 2.75) is 70.1 Å². The summed E-state index contributed by atoms with van der Waals surface area (Å²) in [6.07, 6.45) is 10.5. The first-order valence-corrected chi connectivity index (χ1v) is 14.3. The number of hydrogen-bond acceptors (Lipinski definition) is 7. The quantitative estimate of drug-likeness (QED) is 0.131. The Kier molecular flexibility index (Phi) is 15.9. The molecule has 1 atom stereocenters. The van der Waals surface area contributed by atoms with Crippen molar-refractivity contribution in [3.63, 3.8) is 0 Å². The van der Waals surface area contributed by atoms with Gasteiger partial charge in [0.25, 0.3) is 0 Å². The van der Waals surface area contributed by atoms with Gasteiger partial charge in [-0.25, -0.2) is 4.79 Å². The standard InChI is InChI=1S/C32H48O7/c1-5-6-7-8-26-9-11-27(12-10-26)28-13-15-29(16-14-28)30(22-39-32(35)25(3)20-36-4)21-37-17-18-38-23-31(34)24(2)19-33/h13-16,26-27,30,33H,2-3,5-12,17-23H2,1,4H3. The number of esters is 1. The van der Waals surface area contributed by atoms with Gasteiger partial charge in [0.1, 0.15) is 13.2 Å². The Morgan fingerprint density at radius 3 is 2.28 bits per heavy atom. The van der Waals surface area contributed by atoms with E-state index in [1.54, 1.807) is 0 Å². The highest BCUT2D eigenvalue weighted by atomic mass is 16.5. The van der Waals surface area contributed by atoms with Crippen LogP contribution >= 0.6 is 0 Å². The van der Waals surface area contributed by atoms with Crippen LogP contribution in [0, 0.1) is 5.92 Å². The number of aliphatic hydroxyl groups excluding tert-OH is 1. The first-order chi connectivity index (χ1) is 18.9. The van der Waals surface area contributed by atoms with Crippen LogP contribution in [0.3, 0.4) is 0 Å². The molecule has 0 heterocycles. The Morgan fingerprint density at radius 1 is 0.949 bits per heavy atom. The number of ketones is 1. The first-order valence-electron chi connectivity index (χ1n) is 14.3. The maximum atomic E-state index is 12.3. The van der Waals surface area contributed by atoms with E-state index >= 15 is 0 Å². The smallest absolute Gasteiger partial charge is 0.335 e. The number of Topliss-reactive ketones (excluding diaryl/α,β-unsaturated/α-hetero) is 1. The summed E-state index contributed by atoms with van der Waals surface area (Å²) in [5, 5.41) is 8.96. The van der Waals surface area contributed by atoms with Crippen LogP contribution in [0.4, 0.5) is 0 Å². The van der Waals surface area contributed by atoms with Crippen molar-refractivity contribution >= 4 is 11.8 Å². The van der Waals surface area contributed by atoms with Gasteiger partial charge in [0.05, 0.1) is 38.6 Å². The zero-order valence-electron chi connectivity index (χ0n) is 24.0. The third kappa shape index (κ3) is 12.2. The van der Waals surface area contributed by atoms with Gasteiger partial charge in [0.15, 0.2) is 5.78 Å². The van der Waals surface area contributed by atoms with E-state index in [4.69, 9.17) is 24.1 Å². The van der Waals surface area contributed by atoms with Crippen molar-refractivity contribution < 1.29 is 33.6 Å². The second kappa shape index (κ2) is 18.9. The second-order valence-corrected chi connectivity index (χ2v) is 10.5. The fourth-order valence-corrected chi connectivity index (χ4v) is 4.96. The van der Waals surface area contributed by atoms with E-state index in [1.807, 2.05) is 0 Å². The Morgan fingerprint density at radius 2 is 1.64 bits per heavy atom. The third-order valence-electron chi connectivity index (χ3n) is 7.47. The molecule has 1 fully saturated rings. The number of carbonyl (C=O) groups excluding carboxylic acids is 2. The van der Waals surface area contributed by atoms with E-state index in [0.29, 0.717) is 12.5 Å². The highest BCUT2D eigenvalue weighted by Crippen LogP contribution is 2.38. The van der Waals surface area contributed by atoms with Gasteiger partial charge in [-0.3, -0.25) is 4.79 Å². The van der Waals surface area contributed by atoms with E-state index in [9.17, 15) is 9.59 Å². The SMILES string of the molecule is C=C(CO)C(=O)COCCOCC(COC(=O)C(=C)COC)c1ccc(C2CCC(CCCCC)CC2)cc1. The molecular weight excluding hydrogens is 496 g/mol. The Balaban J connectivity index is 1.90. The number of carbonyl (C=O) groups is 2. The van der Waals surface area contributed by atoms with Crippen LogP contribution < -0.4 is 0 Å². The molecule has 1 unspecified atom stereocenters. The van der Waals surface area contributed by atoms with Gasteiger partial charge in [0, 0.05) is 18.6 Å². The van der Waals surface area contributed by atoms with E-state index < -0.39 is 5.97 Å². The summed E-state index contributed by atoms with van der Waals surface area (Å²) in [6, 6.07) is 8.64. The van der Waals surface area contributed by atoms with Crippen molar-refractivity contribution in [1.82, 2.24) is 0 Å². The third-order valence-corrected chi connectivity index (χ3v) is 7.47. The van der Waals surface area contributed by atoms with Gasteiger partial charge in [-0.15, -0.1) is 0 Å². The van der Waals surface area contributed by atoms with Crippen LogP contribution in [0.5, 0.6) is 0 Å².